The van der Waals surface area contributed by atoms with Crippen LogP contribution in [-0.4, -0.2) is 50.6 Å². The molecule has 1 saturated heterocycles. The predicted octanol–water partition coefficient (Wildman–Crippen LogP) is 0.0523. The molecule has 4 nitrogen and oxygen atoms in total. The van der Waals surface area contributed by atoms with E-state index >= 15 is 0 Å². The first kappa shape index (κ1) is 12.5. The first-order chi connectivity index (χ1) is 7.19. The lowest BCUT2D eigenvalue weighted by atomic mass is 9.99. The second kappa shape index (κ2) is 6.08. The lowest BCUT2D eigenvalue weighted by Gasteiger charge is -2.28. The standard InChI is InChI=1S/C11H23N3O/c1-4-9-7-13-8-10(9)14(3)6-5-11(15)12-2/h9-10,13H,4-8H2,1-3H3,(H,12,15). The fraction of sp³-hybridized carbons (Fsp3) is 0.909. The van der Waals surface area contributed by atoms with E-state index in [1.54, 1.807) is 7.05 Å². The molecule has 1 fully saturated rings. The molecule has 88 valence electrons. The first-order valence-corrected chi connectivity index (χ1v) is 5.80. The Kier molecular flexibility index (Phi) is 5.05. The van der Waals surface area contributed by atoms with Gasteiger partial charge in [0.25, 0.3) is 0 Å². The van der Waals surface area contributed by atoms with Gasteiger partial charge < -0.3 is 15.5 Å². The van der Waals surface area contributed by atoms with E-state index in [2.05, 4.69) is 29.5 Å². The molecule has 15 heavy (non-hydrogen) atoms. The summed E-state index contributed by atoms with van der Waals surface area (Å²) < 4.78 is 0. The van der Waals surface area contributed by atoms with Crippen molar-refractivity contribution in [2.75, 3.05) is 33.7 Å². The maximum Gasteiger partial charge on any atom is 0.221 e. The van der Waals surface area contributed by atoms with Crippen molar-refractivity contribution >= 4 is 5.91 Å². The highest BCUT2D eigenvalue weighted by atomic mass is 16.1. The van der Waals surface area contributed by atoms with E-state index in [-0.39, 0.29) is 5.91 Å². The van der Waals surface area contributed by atoms with Crippen molar-refractivity contribution in [1.29, 1.82) is 0 Å². The third-order valence-corrected chi connectivity index (χ3v) is 3.37. The molecule has 0 saturated carbocycles. The summed E-state index contributed by atoms with van der Waals surface area (Å²) in [4.78, 5) is 13.4. The summed E-state index contributed by atoms with van der Waals surface area (Å²) in [6.45, 7) is 5.26. The average molecular weight is 213 g/mol. The number of carbonyl (C=O) groups is 1. The van der Waals surface area contributed by atoms with Gasteiger partial charge in [-0.15, -0.1) is 0 Å². The quantitative estimate of drug-likeness (QED) is 0.678. The van der Waals surface area contributed by atoms with Crippen LogP contribution in [0.15, 0.2) is 0 Å². The molecule has 1 heterocycles. The van der Waals surface area contributed by atoms with E-state index in [0.29, 0.717) is 12.5 Å². The molecule has 0 bridgehead atoms. The van der Waals surface area contributed by atoms with E-state index in [1.807, 2.05) is 0 Å². The minimum atomic E-state index is 0.126. The second-order valence-corrected chi connectivity index (χ2v) is 4.30. The molecule has 4 heteroatoms. The lowest BCUT2D eigenvalue weighted by Crippen LogP contribution is -2.39. The molecule has 0 spiro atoms. The normalized spacial score (nSPS) is 25.9. The van der Waals surface area contributed by atoms with Crippen LogP contribution in [0.2, 0.25) is 0 Å². The molecule has 0 radical (unpaired) electrons. The average Bonchev–Trinajstić information content (AvgIpc) is 2.73. The number of amides is 1. The minimum absolute atomic E-state index is 0.126. The monoisotopic (exact) mass is 213 g/mol. The Labute approximate surface area is 92.4 Å². The summed E-state index contributed by atoms with van der Waals surface area (Å²) in [5.41, 5.74) is 0. The zero-order valence-corrected chi connectivity index (χ0v) is 10.0. The smallest absolute Gasteiger partial charge is 0.221 e. The Morgan fingerprint density at radius 1 is 1.53 bits per heavy atom. The van der Waals surface area contributed by atoms with Crippen LogP contribution in [-0.2, 0) is 4.79 Å². The molecule has 1 rings (SSSR count). The van der Waals surface area contributed by atoms with Gasteiger partial charge in [0.15, 0.2) is 0 Å². The van der Waals surface area contributed by atoms with E-state index in [4.69, 9.17) is 0 Å². The fourth-order valence-electron chi connectivity index (χ4n) is 2.22. The Balaban J connectivity index is 2.32. The second-order valence-electron chi connectivity index (χ2n) is 4.30. The van der Waals surface area contributed by atoms with Crippen LogP contribution in [0, 0.1) is 5.92 Å². The summed E-state index contributed by atoms with van der Waals surface area (Å²) in [6, 6.07) is 0.597. The molecular weight excluding hydrogens is 190 g/mol. The summed E-state index contributed by atoms with van der Waals surface area (Å²) >= 11 is 0. The predicted molar refractivity (Wildman–Crippen MR) is 61.8 cm³/mol. The van der Waals surface area contributed by atoms with Crippen molar-refractivity contribution in [3.05, 3.63) is 0 Å². The Hall–Kier alpha value is -0.610. The van der Waals surface area contributed by atoms with Crippen molar-refractivity contribution < 1.29 is 4.79 Å². The molecule has 2 N–H and O–H groups in total. The highest BCUT2D eigenvalue weighted by Crippen LogP contribution is 2.17. The molecule has 0 aromatic heterocycles. The van der Waals surface area contributed by atoms with Gasteiger partial charge in [-0.2, -0.15) is 0 Å². The molecular formula is C11H23N3O. The summed E-state index contributed by atoms with van der Waals surface area (Å²) in [5.74, 6) is 0.862. The van der Waals surface area contributed by atoms with Gasteiger partial charge in [-0.05, 0) is 19.5 Å². The molecule has 2 unspecified atom stereocenters. The maximum absolute atomic E-state index is 11.1. The molecule has 0 aromatic rings. The van der Waals surface area contributed by atoms with Crippen LogP contribution in [0.3, 0.4) is 0 Å². The van der Waals surface area contributed by atoms with E-state index in [1.165, 1.54) is 6.42 Å². The molecule has 0 aliphatic carbocycles. The van der Waals surface area contributed by atoms with Gasteiger partial charge >= 0.3 is 0 Å². The van der Waals surface area contributed by atoms with Gasteiger partial charge in [0.1, 0.15) is 0 Å². The highest BCUT2D eigenvalue weighted by molar-refractivity contribution is 5.75. The SMILES string of the molecule is CCC1CNCC1N(C)CCC(=O)NC. The van der Waals surface area contributed by atoms with Gasteiger partial charge in [0.2, 0.25) is 5.91 Å². The third kappa shape index (κ3) is 3.47. The Morgan fingerprint density at radius 2 is 2.27 bits per heavy atom. The minimum Gasteiger partial charge on any atom is -0.359 e. The highest BCUT2D eigenvalue weighted by Gasteiger charge is 2.28. The fourth-order valence-corrected chi connectivity index (χ4v) is 2.22. The largest absolute Gasteiger partial charge is 0.359 e. The molecule has 1 amide bonds. The zero-order chi connectivity index (χ0) is 11.3. The van der Waals surface area contributed by atoms with Crippen molar-refractivity contribution in [3.63, 3.8) is 0 Å². The number of hydrogen-bond acceptors (Lipinski definition) is 3. The zero-order valence-electron chi connectivity index (χ0n) is 10.0. The van der Waals surface area contributed by atoms with Crippen LogP contribution < -0.4 is 10.6 Å². The van der Waals surface area contributed by atoms with Crippen LogP contribution in [0.1, 0.15) is 19.8 Å². The van der Waals surface area contributed by atoms with Crippen molar-refractivity contribution in [1.82, 2.24) is 15.5 Å². The summed E-state index contributed by atoms with van der Waals surface area (Å²) in [5, 5.41) is 6.07. The summed E-state index contributed by atoms with van der Waals surface area (Å²) in [6.07, 6.45) is 1.81. The number of rotatable bonds is 5. The first-order valence-electron chi connectivity index (χ1n) is 5.80. The van der Waals surface area contributed by atoms with Crippen molar-refractivity contribution in [3.8, 4) is 0 Å². The van der Waals surface area contributed by atoms with Crippen LogP contribution in [0.4, 0.5) is 0 Å². The molecule has 1 aliphatic rings. The van der Waals surface area contributed by atoms with Gasteiger partial charge in [0, 0.05) is 32.6 Å². The van der Waals surface area contributed by atoms with Crippen LogP contribution in [0.25, 0.3) is 0 Å². The van der Waals surface area contributed by atoms with Crippen molar-refractivity contribution in [2.45, 2.75) is 25.8 Å². The Morgan fingerprint density at radius 3 is 2.87 bits per heavy atom. The van der Waals surface area contributed by atoms with Crippen LogP contribution in [0.5, 0.6) is 0 Å². The van der Waals surface area contributed by atoms with Crippen LogP contribution >= 0.6 is 0 Å². The number of nitrogens with one attached hydrogen (secondary N) is 2. The van der Waals surface area contributed by atoms with E-state index in [0.717, 1.165) is 25.6 Å². The van der Waals surface area contributed by atoms with Gasteiger partial charge in [-0.1, -0.05) is 13.3 Å². The third-order valence-electron chi connectivity index (χ3n) is 3.37. The Bertz CT molecular complexity index is 208. The maximum atomic E-state index is 11.1. The molecule has 1 aliphatic heterocycles. The topological polar surface area (TPSA) is 44.4 Å². The van der Waals surface area contributed by atoms with Crippen molar-refractivity contribution in [2.24, 2.45) is 5.92 Å². The number of nitrogens with zero attached hydrogens (tertiary/aromatic N) is 1. The number of likely N-dealkylation sites (N-methyl/N-ethyl adjacent to an activating group) is 1. The number of carbonyl (C=O) groups excluding carboxylic acids is 1. The molecule has 0 aromatic carbocycles. The van der Waals surface area contributed by atoms with E-state index in [9.17, 15) is 4.79 Å². The van der Waals surface area contributed by atoms with Gasteiger partial charge in [-0.3, -0.25) is 4.79 Å². The van der Waals surface area contributed by atoms with Gasteiger partial charge in [-0.25, -0.2) is 0 Å². The lowest BCUT2D eigenvalue weighted by molar-refractivity contribution is -0.121. The van der Waals surface area contributed by atoms with E-state index < -0.39 is 0 Å². The number of hydrogen-bond donors (Lipinski definition) is 2. The summed E-state index contributed by atoms with van der Waals surface area (Å²) in [7, 11) is 3.80. The molecule has 2 atom stereocenters. The van der Waals surface area contributed by atoms with Gasteiger partial charge in [0.05, 0.1) is 0 Å².